The Morgan fingerprint density at radius 3 is 2.55 bits per heavy atom. The van der Waals surface area contributed by atoms with Gasteiger partial charge in [0.2, 0.25) is 10.0 Å². The van der Waals surface area contributed by atoms with Gasteiger partial charge in [0.1, 0.15) is 0 Å². The van der Waals surface area contributed by atoms with E-state index in [9.17, 15) is 13.2 Å². The Labute approximate surface area is 135 Å². The Balaban J connectivity index is 1.75. The number of nitrogens with two attached hydrogens (primary N) is 1. The number of thiophene rings is 1. The van der Waals surface area contributed by atoms with Crippen LogP contribution in [0.2, 0.25) is 0 Å². The van der Waals surface area contributed by atoms with Crippen molar-refractivity contribution in [3.63, 3.8) is 0 Å². The van der Waals surface area contributed by atoms with E-state index in [4.69, 9.17) is 5.14 Å². The molecule has 0 spiro atoms. The molecule has 2 rings (SSSR count). The summed E-state index contributed by atoms with van der Waals surface area (Å²) < 4.78 is 22.2. The number of sulfonamides is 1. The highest BCUT2D eigenvalue weighted by Gasteiger charge is 2.25. The second kappa shape index (κ2) is 7.43. The number of urea groups is 1. The highest BCUT2D eigenvalue weighted by molar-refractivity contribution is 7.89. The third kappa shape index (κ3) is 5.26. The molecule has 8 heteroatoms. The van der Waals surface area contributed by atoms with Crippen LogP contribution in [-0.4, -0.2) is 38.2 Å². The zero-order valence-corrected chi connectivity index (χ0v) is 14.4. The molecule has 3 N–H and O–H groups in total. The molecule has 1 aromatic rings. The first-order valence-electron chi connectivity index (χ1n) is 7.48. The lowest BCUT2D eigenvalue weighted by Crippen LogP contribution is -2.45. The molecule has 0 bridgehead atoms. The van der Waals surface area contributed by atoms with Gasteiger partial charge in [0, 0.05) is 22.8 Å². The van der Waals surface area contributed by atoms with Gasteiger partial charge in [-0.2, -0.15) is 0 Å². The summed E-state index contributed by atoms with van der Waals surface area (Å²) in [5.74, 6) is 0.0701. The number of rotatable bonds is 5. The number of likely N-dealkylation sites (tertiary alicyclic amines) is 1. The van der Waals surface area contributed by atoms with E-state index < -0.39 is 10.0 Å². The highest BCUT2D eigenvalue weighted by atomic mass is 32.2. The zero-order chi connectivity index (χ0) is 16.2. The fraction of sp³-hybridized carbons (Fsp3) is 0.643. The predicted octanol–water partition coefficient (Wildman–Crippen LogP) is 1.52. The number of nitrogens with zero attached hydrogens (tertiary/aromatic N) is 1. The van der Waals surface area contributed by atoms with Crippen molar-refractivity contribution in [3.8, 4) is 0 Å². The molecule has 1 aliphatic heterocycles. The number of primary sulfonamides is 1. The molecule has 0 radical (unpaired) electrons. The summed E-state index contributed by atoms with van der Waals surface area (Å²) in [5.41, 5.74) is 0. The molecule has 2 amide bonds. The molecular formula is C14H23N3O3S2. The van der Waals surface area contributed by atoms with Crippen LogP contribution in [0.4, 0.5) is 4.79 Å². The zero-order valence-electron chi connectivity index (χ0n) is 12.7. The molecule has 0 unspecified atom stereocenters. The summed E-state index contributed by atoms with van der Waals surface area (Å²) in [4.78, 5) is 16.3. The Morgan fingerprint density at radius 2 is 2.00 bits per heavy atom. The maximum absolute atomic E-state index is 12.1. The maximum atomic E-state index is 12.1. The fourth-order valence-corrected chi connectivity index (χ4v) is 4.50. The van der Waals surface area contributed by atoms with E-state index in [0.29, 0.717) is 32.5 Å². The number of carbonyl (C=O) groups is 1. The van der Waals surface area contributed by atoms with Gasteiger partial charge in [-0.25, -0.2) is 18.4 Å². The monoisotopic (exact) mass is 345 g/mol. The smallest absolute Gasteiger partial charge is 0.317 e. The highest BCUT2D eigenvalue weighted by Crippen LogP contribution is 2.19. The molecule has 2 heterocycles. The van der Waals surface area contributed by atoms with Crippen molar-refractivity contribution >= 4 is 27.4 Å². The van der Waals surface area contributed by atoms with E-state index in [2.05, 4.69) is 18.3 Å². The molecule has 1 aromatic heterocycles. The van der Waals surface area contributed by atoms with Crippen LogP contribution < -0.4 is 10.5 Å². The standard InChI is InChI=1S/C14H23N3O3S2/c1-2-12-3-4-13(21-12)9-16-14(18)17-7-5-11(6-8-17)10-22(15,19)20/h3-4,11H,2,5-10H2,1H3,(H,16,18)(H2,15,19,20). The summed E-state index contributed by atoms with van der Waals surface area (Å²) in [6, 6.07) is 4.05. The maximum Gasteiger partial charge on any atom is 0.317 e. The van der Waals surface area contributed by atoms with Gasteiger partial charge in [0.15, 0.2) is 0 Å². The number of hydrogen-bond acceptors (Lipinski definition) is 4. The van der Waals surface area contributed by atoms with Crippen LogP contribution in [0, 0.1) is 5.92 Å². The lowest BCUT2D eigenvalue weighted by Gasteiger charge is -2.31. The summed E-state index contributed by atoms with van der Waals surface area (Å²) >= 11 is 1.71. The predicted molar refractivity (Wildman–Crippen MR) is 88.2 cm³/mol. The molecule has 124 valence electrons. The van der Waals surface area contributed by atoms with Gasteiger partial charge < -0.3 is 10.2 Å². The lowest BCUT2D eigenvalue weighted by molar-refractivity contribution is 0.174. The normalized spacial score (nSPS) is 16.7. The minimum absolute atomic E-state index is 0.0114. The van der Waals surface area contributed by atoms with E-state index in [1.165, 1.54) is 4.88 Å². The van der Waals surface area contributed by atoms with Crippen LogP contribution in [0.15, 0.2) is 12.1 Å². The van der Waals surface area contributed by atoms with Crippen LogP contribution in [0.1, 0.15) is 29.5 Å². The number of nitrogens with one attached hydrogen (secondary N) is 1. The van der Waals surface area contributed by atoms with Crippen LogP contribution in [0.5, 0.6) is 0 Å². The molecule has 1 fully saturated rings. The summed E-state index contributed by atoms with van der Waals surface area (Å²) in [6.07, 6.45) is 2.38. The van der Waals surface area contributed by atoms with Crippen LogP contribution in [0.25, 0.3) is 0 Å². The van der Waals surface area contributed by atoms with Crippen molar-refractivity contribution in [2.24, 2.45) is 11.1 Å². The van der Waals surface area contributed by atoms with E-state index in [-0.39, 0.29) is 17.7 Å². The molecule has 0 saturated carbocycles. The van der Waals surface area contributed by atoms with Gasteiger partial charge in [-0.05, 0) is 37.3 Å². The average Bonchev–Trinajstić information content (AvgIpc) is 2.92. The van der Waals surface area contributed by atoms with Gasteiger partial charge in [-0.3, -0.25) is 0 Å². The van der Waals surface area contributed by atoms with Gasteiger partial charge in [-0.1, -0.05) is 6.92 Å². The molecule has 6 nitrogen and oxygen atoms in total. The summed E-state index contributed by atoms with van der Waals surface area (Å²) in [5, 5.41) is 7.99. The average molecular weight is 345 g/mol. The molecule has 0 atom stereocenters. The Hall–Kier alpha value is -1.12. The second-order valence-electron chi connectivity index (χ2n) is 5.64. The van der Waals surface area contributed by atoms with Gasteiger partial charge >= 0.3 is 6.03 Å². The molecule has 1 saturated heterocycles. The lowest BCUT2D eigenvalue weighted by atomic mass is 9.99. The van der Waals surface area contributed by atoms with Gasteiger partial charge in [0.25, 0.3) is 0 Å². The van der Waals surface area contributed by atoms with Crippen molar-refractivity contribution in [1.29, 1.82) is 0 Å². The van der Waals surface area contributed by atoms with Crippen LogP contribution >= 0.6 is 11.3 Å². The Bertz CT molecular complexity index is 605. The quantitative estimate of drug-likeness (QED) is 0.847. The van der Waals surface area contributed by atoms with Crippen molar-refractivity contribution < 1.29 is 13.2 Å². The number of piperidine rings is 1. The Morgan fingerprint density at radius 1 is 1.36 bits per heavy atom. The van der Waals surface area contributed by atoms with Crippen molar-refractivity contribution in [3.05, 3.63) is 21.9 Å². The molecule has 1 aliphatic rings. The van der Waals surface area contributed by atoms with Gasteiger partial charge in [0.05, 0.1) is 12.3 Å². The van der Waals surface area contributed by atoms with E-state index >= 15 is 0 Å². The minimum atomic E-state index is -3.43. The summed E-state index contributed by atoms with van der Waals surface area (Å²) in [7, 11) is -3.43. The minimum Gasteiger partial charge on any atom is -0.333 e. The number of aryl methyl sites for hydroxylation is 1. The fourth-order valence-electron chi connectivity index (χ4n) is 2.61. The summed E-state index contributed by atoms with van der Waals surface area (Å²) in [6.45, 7) is 3.81. The first-order valence-corrected chi connectivity index (χ1v) is 10.0. The van der Waals surface area contributed by atoms with Crippen LogP contribution in [0.3, 0.4) is 0 Å². The van der Waals surface area contributed by atoms with E-state index in [1.54, 1.807) is 16.2 Å². The number of amides is 2. The number of hydrogen-bond donors (Lipinski definition) is 2. The third-order valence-electron chi connectivity index (χ3n) is 3.85. The van der Waals surface area contributed by atoms with E-state index in [1.807, 2.05) is 6.07 Å². The molecule has 0 aliphatic carbocycles. The SMILES string of the molecule is CCc1ccc(CNC(=O)N2CCC(CS(N)(=O)=O)CC2)s1. The van der Waals surface area contributed by atoms with Crippen LogP contribution in [-0.2, 0) is 23.0 Å². The van der Waals surface area contributed by atoms with Crippen molar-refractivity contribution in [1.82, 2.24) is 10.2 Å². The Kier molecular flexibility index (Phi) is 5.82. The van der Waals surface area contributed by atoms with Crippen molar-refractivity contribution in [2.75, 3.05) is 18.8 Å². The first-order chi connectivity index (χ1) is 10.4. The number of carbonyl (C=O) groups excluding carboxylic acids is 1. The molecule has 22 heavy (non-hydrogen) atoms. The molecular weight excluding hydrogens is 322 g/mol. The van der Waals surface area contributed by atoms with Crippen molar-refractivity contribution in [2.45, 2.75) is 32.7 Å². The third-order valence-corrected chi connectivity index (χ3v) is 6.01. The molecule has 0 aromatic carbocycles. The van der Waals surface area contributed by atoms with Gasteiger partial charge in [-0.15, -0.1) is 11.3 Å². The second-order valence-corrected chi connectivity index (χ2v) is 8.55. The first kappa shape index (κ1) is 17.2. The largest absolute Gasteiger partial charge is 0.333 e. The van der Waals surface area contributed by atoms with E-state index in [0.717, 1.165) is 11.3 Å². The topological polar surface area (TPSA) is 92.5 Å².